The fourth-order valence-corrected chi connectivity index (χ4v) is 4.94. The van der Waals surface area contributed by atoms with Crippen molar-refractivity contribution >= 4 is 16.0 Å². The van der Waals surface area contributed by atoms with Crippen molar-refractivity contribution < 1.29 is 22.3 Å². The van der Waals surface area contributed by atoms with Crippen LogP contribution in [-0.2, 0) is 21.3 Å². The first-order chi connectivity index (χ1) is 14.7. The minimum Gasteiger partial charge on any atom is -0.465 e. The molecular formula is C23H29FN2O4S. The Kier molecular flexibility index (Phi) is 7.46. The highest BCUT2D eigenvalue weighted by Crippen LogP contribution is 2.30. The van der Waals surface area contributed by atoms with E-state index in [0.717, 1.165) is 37.6 Å². The highest BCUT2D eigenvalue weighted by atomic mass is 32.2. The molecule has 31 heavy (non-hydrogen) atoms. The molecule has 1 heterocycles. The number of benzene rings is 2. The average molecular weight is 449 g/mol. The van der Waals surface area contributed by atoms with Crippen molar-refractivity contribution in [2.75, 3.05) is 27.2 Å². The van der Waals surface area contributed by atoms with Crippen molar-refractivity contribution in [3.63, 3.8) is 0 Å². The molecule has 1 saturated heterocycles. The van der Waals surface area contributed by atoms with E-state index in [9.17, 15) is 17.6 Å². The van der Waals surface area contributed by atoms with Gasteiger partial charge >= 0.3 is 5.97 Å². The highest BCUT2D eigenvalue weighted by molar-refractivity contribution is 7.89. The molecule has 0 bridgehead atoms. The van der Waals surface area contributed by atoms with Crippen LogP contribution >= 0.6 is 0 Å². The number of halogens is 1. The number of nitrogens with one attached hydrogen (secondary N) is 1. The quantitative estimate of drug-likeness (QED) is 0.655. The van der Waals surface area contributed by atoms with Crippen molar-refractivity contribution in [2.45, 2.75) is 37.5 Å². The van der Waals surface area contributed by atoms with Gasteiger partial charge in [0.05, 0.1) is 17.9 Å². The van der Waals surface area contributed by atoms with Crippen molar-refractivity contribution in [3.05, 3.63) is 70.5 Å². The maximum atomic E-state index is 14.3. The van der Waals surface area contributed by atoms with E-state index >= 15 is 0 Å². The van der Waals surface area contributed by atoms with E-state index in [1.165, 1.54) is 19.2 Å². The van der Waals surface area contributed by atoms with Gasteiger partial charge in [0.15, 0.2) is 0 Å². The van der Waals surface area contributed by atoms with E-state index in [0.29, 0.717) is 11.5 Å². The summed E-state index contributed by atoms with van der Waals surface area (Å²) in [4.78, 5) is 13.8. The van der Waals surface area contributed by atoms with Crippen LogP contribution in [0, 0.1) is 5.82 Å². The molecule has 1 aliphatic rings. The molecule has 6 nitrogen and oxygen atoms in total. The number of carbonyl (C=O) groups is 1. The Labute approximate surface area is 183 Å². The molecule has 1 atom stereocenters. The molecule has 1 aliphatic heterocycles. The molecule has 1 fully saturated rings. The number of carbonyl (C=O) groups excluding carboxylic acids is 1. The number of piperidine rings is 1. The highest BCUT2D eigenvalue weighted by Gasteiger charge is 2.25. The number of likely N-dealkylation sites (tertiary alicyclic amines) is 1. The summed E-state index contributed by atoms with van der Waals surface area (Å²) in [5.41, 5.74) is 2.11. The molecule has 1 unspecified atom stereocenters. The fourth-order valence-electron chi connectivity index (χ4n) is 3.83. The van der Waals surface area contributed by atoms with Crippen LogP contribution < -0.4 is 4.72 Å². The summed E-state index contributed by atoms with van der Waals surface area (Å²) in [5.74, 6) is -0.881. The lowest BCUT2D eigenvalue weighted by atomic mass is 9.88. The van der Waals surface area contributed by atoms with Crippen LogP contribution in [0.25, 0.3) is 0 Å². The van der Waals surface area contributed by atoms with Crippen LogP contribution in [0.15, 0.2) is 42.5 Å². The molecule has 168 valence electrons. The van der Waals surface area contributed by atoms with E-state index < -0.39 is 27.1 Å². The van der Waals surface area contributed by atoms with Crippen LogP contribution in [0.4, 0.5) is 4.39 Å². The minimum atomic E-state index is -3.73. The van der Waals surface area contributed by atoms with Crippen molar-refractivity contribution in [1.82, 2.24) is 9.62 Å². The summed E-state index contributed by atoms with van der Waals surface area (Å²) in [7, 11) is -0.409. The summed E-state index contributed by atoms with van der Waals surface area (Å²) in [5, 5.41) is -0.781. The number of methoxy groups -OCH3 is 1. The molecule has 0 amide bonds. The zero-order valence-corrected chi connectivity index (χ0v) is 18.9. The first kappa shape index (κ1) is 23.4. The molecule has 3 rings (SSSR count). The van der Waals surface area contributed by atoms with Gasteiger partial charge in [-0.1, -0.05) is 30.3 Å². The van der Waals surface area contributed by atoms with Crippen LogP contribution in [-0.4, -0.2) is 46.5 Å². The minimum absolute atomic E-state index is 0.0747. The predicted molar refractivity (Wildman–Crippen MR) is 118 cm³/mol. The summed E-state index contributed by atoms with van der Waals surface area (Å²) < 4.78 is 47.0. The van der Waals surface area contributed by atoms with Crippen LogP contribution in [0.1, 0.15) is 58.0 Å². The number of hydrogen-bond donors (Lipinski definition) is 1. The van der Waals surface area contributed by atoms with E-state index in [1.807, 2.05) is 18.2 Å². The number of esters is 1. The third-order valence-corrected chi connectivity index (χ3v) is 7.72. The SMILES string of the molecule is COC(=O)c1ccc(CNS(=O)(=O)C(C)c2cccc(C3CCN(C)CC3)c2)c(F)c1. The first-order valence-corrected chi connectivity index (χ1v) is 11.9. The molecule has 8 heteroatoms. The standard InChI is InChI=1S/C23H29FN2O4S/c1-16(18-5-4-6-19(13-18)17-9-11-26(2)12-10-17)31(28,29)25-15-21-8-7-20(14-22(21)24)23(27)30-3/h4-8,13-14,16-17,25H,9-12,15H2,1-3H3. The number of ether oxygens (including phenoxy) is 1. The molecule has 0 radical (unpaired) electrons. The van der Waals surface area contributed by atoms with Gasteiger partial charge in [0.25, 0.3) is 0 Å². The van der Waals surface area contributed by atoms with Crippen molar-refractivity contribution in [3.8, 4) is 0 Å². The Morgan fingerprint density at radius 3 is 2.58 bits per heavy atom. The number of sulfonamides is 1. The van der Waals surface area contributed by atoms with Gasteiger partial charge in [-0.05, 0) is 69.1 Å². The lowest BCUT2D eigenvalue weighted by Gasteiger charge is -2.29. The smallest absolute Gasteiger partial charge is 0.337 e. The summed E-state index contributed by atoms with van der Waals surface area (Å²) in [6, 6.07) is 11.6. The number of rotatable bonds is 7. The van der Waals surface area contributed by atoms with E-state index in [-0.39, 0.29) is 17.7 Å². The Morgan fingerprint density at radius 2 is 1.94 bits per heavy atom. The number of nitrogens with zero attached hydrogens (tertiary/aromatic N) is 1. The first-order valence-electron chi connectivity index (χ1n) is 10.3. The summed E-state index contributed by atoms with van der Waals surface area (Å²) in [6.45, 7) is 3.50. The van der Waals surface area contributed by atoms with Gasteiger partial charge < -0.3 is 9.64 Å². The third-order valence-electron chi connectivity index (χ3n) is 5.97. The van der Waals surface area contributed by atoms with Crippen molar-refractivity contribution in [2.24, 2.45) is 0 Å². The van der Waals surface area contributed by atoms with Gasteiger partial charge in [0.1, 0.15) is 5.82 Å². The molecule has 0 aromatic heterocycles. The second-order valence-electron chi connectivity index (χ2n) is 8.05. The summed E-state index contributed by atoms with van der Waals surface area (Å²) >= 11 is 0. The second-order valence-corrected chi connectivity index (χ2v) is 10.1. The molecule has 0 saturated carbocycles. The predicted octanol–water partition coefficient (Wildman–Crippen LogP) is 3.60. The van der Waals surface area contributed by atoms with Crippen LogP contribution in [0.3, 0.4) is 0 Å². The van der Waals surface area contributed by atoms with Gasteiger partial charge in [0, 0.05) is 12.1 Å². The molecule has 2 aromatic carbocycles. The fraction of sp³-hybridized carbons (Fsp3) is 0.435. The zero-order valence-electron chi connectivity index (χ0n) is 18.1. The zero-order chi connectivity index (χ0) is 22.6. The molecule has 0 aliphatic carbocycles. The van der Waals surface area contributed by atoms with E-state index in [2.05, 4.69) is 27.5 Å². The maximum absolute atomic E-state index is 14.3. The topological polar surface area (TPSA) is 75.7 Å². The van der Waals surface area contributed by atoms with Gasteiger partial charge in [-0.2, -0.15) is 0 Å². The molecule has 1 N–H and O–H groups in total. The van der Waals surface area contributed by atoms with Crippen LogP contribution in [0.2, 0.25) is 0 Å². The molecule has 0 spiro atoms. The number of hydrogen-bond acceptors (Lipinski definition) is 5. The maximum Gasteiger partial charge on any atom is 0.337 e. The largest absolute Gasteiger partial charge is 0.465 e. The normalized spacial score (nSPS) is 16.8. The third kappa shape index (κ3) is 5.70. The monoisotopic (exact) mass is 448 g/mol. The summed E-state index contributed by atoms with van der Waals surface area (Å²) in [6.07, 6.45) is 2.11. The average Bonchev–Trinajstić information content (AvgIpc) is 2.77. The lowest BCUT2D eigenvalue weighted by Crippen LogP contribution is -2.29. The molecule has 2 aromatic rings. The molecular weight excluding hydrogens is 419 g/mol. The van der Waals surface area contributed by atoms with Crippen molar-refractivity contribution in [1.29, 1.82) is 0 Å². The van der Waals surface area contributed by atoms with Gasteiger partial charge in [-0.3, -0.25) is 0 Å². The Morgan fingerprint density at radius 1 is 1.23 bits per heavy atom. The van der Waals surface area contributed by atoms with Gasteiger partial charge in [-0.25, -0.2) is 22.3 Å². The van der Waals surface area contributed by atoms with E-state index in [1.54, 1.807) is 6.92 Å². The van der Waals surface area contributed by atoms with Crippen LogP contribution in [0.5, 0.6) is 0 Å². The van der Waals surface area contributed by atoms with Gasteiger partial charge in [-0.15, -0.1) is 0 Å². The van der Waals surface area contributed by atoms with E-state index in [4.69, 9.17) is 0 Å². The lowest BCUT2D eigenvalue weighted by molar-refractivity contribution is 0.0600. The Balaban J connectivity index is 1.69. The Bertz CT molecular complexity index is 1030. The second kappa shape index (κ2) is 9.89. The van der Waals surface area contributed by atoms with Gasteiger partial charge in [0.2, 0.25) is 10.0 Å². The Hall–Kier alpha value is -2.29.